The zero-order valence-electron chi connectivity index (χ0n) is 16.1. The van der Waals surface area contributed by atoms with E-state index in [0.717, 1.165) is 4.31 Å². The van der Waals surface area contributed by atoms with E-state index in [2.05, 4.69) is 10.3 Å². The van der Waals surface area contributed by atoms with Crippen molar-refractivity contribution in [1.82, 2.24) is 14.6 Å². The molecule has 0 bridgehead atoms. The summed E-state index contributed by atoms with van der Waals surface area (Å²) in [5.41, 5.74) is 1.25. The zero-order valence-corrected chi connectivity index (χ0v) is 19.2. The third-order valence-electron chi connectivity index (χ3n) is 4.31. The van der Waals surface area contributed by atoms with Crippen molar-refractivity contribution in [1.29, 1.82) is 0 Å². The number of nitrogens with zero attached hydrogens (tertiary/aromatic N) is 2. The number of sulfonamides is 1. The van der Waals surface area contributed by atoms with Crippen LogP contribution >= 0.6 is 34.8 Å². The van der Waals surface area contributed by atoms with Crippen LogP contribution in [0, 0.1) is 0 Å². The molecule has 0 atom stereocenters. The van der Waals surface area contributed by atoms with Crippen LogP contribution in [0.5, 0.6) is 0 Å². The summed E-state index contributed by atoms with van der Waals surface area (Å²) >= 11 is 17.9. The molecule has 0 saturated heterocycles. The van der Waals surface area contributed by atoms with Crippen molar-refractivity contribution in [3.05, 3.63) is 93.2 Å². The highest BCUT2D eigenvalue weighted by molar-refractivity contribution is 7.89. The Labute approximate surface area is 195 Å². The SMILES string of the molecule is O=C(CN(Cc1ccc(Cl)c(Cl)c1)S(=O)(=O)c1ccc(Cl)cc1)NCc1ccccn1. The topological polar surface area (TPSA) is 79.4 Å². The summed E-state index contributed by atoms with van der Waals surface area (Å²) in [7, 11) is -3.99. The predicted molar refractivity (Wildman–Crippen MR) is 122 cm³/mol. The van der Waals surface area contributed by atoms with Gasteiger partial charge in [-0.3, -0.25) is 9.78 Å². The second kappa shape index (κ2) is 10.4. The third-order valence-corrected chi connectivity index (χ3v) is 7.10. The summed E-state index contributed by atoms with van der Waals surface area (Å²) < 4.78 is 27.6. The summed E-state index contributed by atoms with van der Waals surface area (Å²) in [6.45, 7) is -0.280. The minimum absolute atomic E-state index is 0.0227. The molecule has 1 N–H and O–H groups in total. The molecule has 162 valence electrons. The lowest BCUT2D eigenvalue weighted by Crippen LogP contribution is -2.40. The lowest BCUT2D eigenvalue weighted by molar-refractivity contribution is -0.121. The van der Waals surface area contributed by atoms with Gasteiger partial charge in [0.1, 0.15) is 0 Å². The maximum absolute atomic E-state index is 13.2. The maximum Gasteiger partial charge on any atom is 0.243 e. The molecule has 3 aromatic rings. The molecule has 1 amide bonds. The predicted octanol–water partition coefficient (Wildman–Crippen LogP) is 4.55. The zero-order chi connectivity index (χ0) is 22.4. The molecule has 0 spiro atoms. The van der Waals surface area contributed by atoms with E-state index in [1.807, 2.05) is 0 Å². The molecule has 31 heavy (non-hydrogen) atoms. The summed E-state index contributed by atoms with van der Waals surface area (Å²) in [5.74, 6) is -0.469. The van der Waals surface area contributed by atoms with Crippen LogP contribution in [0.15, 0.2) is 71.8 Å². The summed E-state index contributed by atoms with van der Waals surface area (Å²) in [6.07, 6.45) is 1.61. The van der Waals surface area contributed by atoms with Crippen LogP contribution in [0.1, 0.15) is 11.3 Å². The first-order chi connectivity index (χ1) is 14.8. The molecule has 0 aliphatic carbocycles. The number of nitrogens with one attached hydrogen (secondary N) is 1. The van der Waals surface area contributed by atoms with Gasteiger partial charge in [0.2, 0.25) is 15.9 Å². The number of halogens is 3. The minimum atomic E-state index is -3.99. The largest absolute Gasteiger partial charge is 0.349 e. The Morgan fingerprint density at radius 1 is 0.968 bits per heavy atom. The molecule has 3 rings (SSSR count). The van der Waals surface area contributed by atoms with Gasteiger partial charge in [-0.2, -0.15) is 4.31 Å². The fourth-order valence-corrected chi connectivity index (χ4v) is 4.56. The summed E-state index contributed by atoms with van der Waals surface area (Å²) in [5, 5.41) is 3.74. The average Bonchev–Trinajstić information content (AvgIpc) is 2.75. The van der Waals surface area contributed by atoms with Crippen LogP contribution in [-0.4, -0.2) is 30.2 Å². The number of amides is 1. The van der Waals surface area contributed by atoms with Crippen LogP contribution in [0.2, 0.25) is 15.1 Å². The highest BCUT2D eigenvalue weighted by Crippen LogP contribution is 2.25. The first-order valence-electron chi connectivity index (χ1n) is 9.12. The van der Waals surface area contributed by atoms with Crippen molar-refractivity contribution in [2.75, 3.05) is 6.54 Å². The van der Waals surface area contributed by atoms with Crippen molar-refractivity contribution >= 4 is 50.7 Å². The number of carbonyl (C=O) groups is 1. The second-order valence-electron chi connectivity index (χ2n) is 6.57. The Bertz CT molecular complexity index is 1160. The molecule has 0 saturated carbocycles. The van der Waals surface area contributed by atoms with Gasteiger partial charge in [0, 0.05) is 17.8 Å². The number of pyridine rings is 1. The van der Waals surface area contributed by atoms with Gasteiger partial charge in [0.15, 0.2) is 0 Å². The molecule has 10 heteroatoms. The highest BCUT2D eigenvalue weighted by Gasteiger charge is 2.27. The second-order valence-corrected chi connectivity index (χ2v) is 9.76. The maximum atomic E-state index is 13.2. The molecular formula is C21H18Cl3N3O3S. The number of rotatable bonds is 8. The van der Waals surface area contributed by atoms with Crippen LogP contribution in [0.3, 0.4) is 0 Å². The van der Waals surface area contributed by atoms with Gasteiger partial charge < -0.3 is 5.32 Å². The van der Waals surface area contributed by atoms with E-state index < -0.39 is 22.5 Å². The molecule has 6 nitrogen and oxygen atoms in total. The fourth-order valence-electron chi connectivity index (χ4n) is 2.73. The molecule has 0 unspecified atom stereocenters. The first kappa shape index (κ1) is 23.5. The van der Waals surface area contributed by atoms with E-state index in [9.17, 15) is 13.2 Å². The first-order valence-corrected chi connectivity index (χ1v) is 11.7. The minimum Gasteiger partial charge on any atom is -0.349 e. The monoisotopic (exact) mass is 497 g/mol. The number of hydrogen-bond donors (Lipinski definition) is 1. The quantitative estimate of drug-likeness (QED) is 0.494. The standard InChI is InChI=1S/C21H18Cl3N3O3S/c22-16-5-7-18(8-6-16)31(29,30)27(13-15-4-9-19(23)20(24)11-15)14-21(28)26-12-17-3-1-2-10-25-17/h1-11H,12-14H2,(H,26,28). The molecular weight excluding hydrogens is 481 g/mol. The van der Waals surface area contributed by atoms with Crippen molar-refractivity contribution in [2.24, 2.45) is 0 Å². The van der Waals surface area contributed by atoms with E-state index in [1.54, 1.807) is 42.6 Å². The fraction of sp³-hybridized carbons (Fsp3) is 0.143. The van der Waals surface area contributed by atoms with Gasteiger partial charge in [-0.05, 0) is 54.1 Å². The molecule has 0 aliphatic heterocycles. The van der Waals surface area contributed by atoms with Gasteiger partial charge in [-0.25, -0.2) is 8.42 Å². The number of carbonyl (C=O) groups excluding carboxylic acids is 1. The van der Waals surface area contributed by atoms with E-state index in [-0.39, 0.29) is 18.0 Å². The van der Waals surface area contributed by atoms with Gasteiger partial charge in [-0.1, -0.05) is 46.9 Å². The van der Waals surface area contributed by atoms with Crippen molar-refractivity contribution < 1.29 is 13.2 Å². The Morgan fingerprint density at radius 3 is 2.35 bits per heavy atom. The molecule has 1 aromatic heterocycles. The van der Waals surface area contributed by atoms with Crippen LogP contribution in [-0.2, 0) is 27.9 Å². The molecule has 1 heterocycles. The Kier molecular flexibility index (Phi) is 7.91. The van der Waals surface area contributed by atoms with Gasteiger partial charge in [0.05, 0.1) is 33.7 Å². The lowest BCUT2D eigenvalue weighted by Gasteiger charge is -2.22. The summed E-state index contributed by atoms with van der Waals surface area (Å²) in [6, 6.07) is 15.9. The van der Waals surface area contributed by atoms with E-state index in [4.69, 9.17) is 34.8 Å². The molecule has 0 radical (unpaired) electrons. The van der Waals surface area contributed by atoms with Gasteiger partial charge in [-0.15, -0.1) is 0 Å². The van der Waals surface area contributed by atoms with E-state index in [1.165, 1.54) is 24.3 Å². The Balaban J connectivity index is 1.83. The third kappa shape index (κ3) is 6.41. The smallest absolute Gasteiger partial charge is 0.243 e. The number of aromatic nitrogens is 1. The Morgan fingerprint density at radius 2 is 1.71 bits per heavy atom. The summed E-state index contributed by atoms with van der Waals surface area (Å²) in [4.78, 5) is 16.7. The molecule has 0 aliphatic rings. The van der Waals surface area contributed by atoms with Crippen LogP contribution in [0.25, 0.3) is 0 Å². The van der Waals surface area contributed by atoms with Crippen molar-refractivity contribution in [3.8, 4) is 0 Å². The molecule has 0 fully saturated rings. The van der Waals surface area contributed by atoms with Crippen LogP contribution < -0.4 is 5.32 Å². The normalized spacial score (nSPS) is 11.5. The van der Waals surface area contributed by atoms with Crippen molar-refractivity contribution in [2.45, 2.75) is 18.0 Å². The van der Waals surface area contributed by atoms with E-state index >= 15 is 0 Å². The van der Waals surface area contributed by atoms with Gasteiger partial charge in [0.25, 0.3) is 0 Å². The average molecular weight is 499 g/mol. The Hall–Kier alpha value is -2.16. The van der Waals surface area contributed by atoms with Gasteiger partial charge >= 0.3 is 0 Å². The lowest BCUT2D eigenvalue weighted by atomic mass is 10.2. The molecule has 2 aromatic carbocycles. The number of hydrogen-bond acceptors (Lipinski definition) is 4. The van der Waals surface area contributed by atoms with Crippen molar-refractivity contribution in [3.63, 3.8) is 0 Å². The van der Waals surface area contributed by atoms with Crippen LogP contribution in [0.4, 0.5) is 0 Å². The number of benzene rings is 2. The highest BCUT2D eigenvalue weighted by atomic mass is 35.5. The van der Waals surface area contributed by atoms with E-state index in [0.29, 0.717) is 26.3 Å².